The molecule has 0 aliphatic heterocycles. The van der Waals surface area contributed by atoms with Crippen LogP contribution in [-0.2, 0) is 4.79 Å². The van der Waals surface area contributed by atoms with Gasteiger partial charge in [-0.1, -0.05) is 29.8 Å². The molecule has 1 N–H and O–H groups in total. The molecule has 7 nitrogen and oxygen atoms in total. The Morgan fingerprint density at radius 2 is 1.88 bits per heavy atom. The number of anilines is 1. The largest absolute Gasteiger partial charge is 0.482 e. The SMILES string of the molecule is Cc1ccc(C)c(NC(=O)COc2ccc(/C=C(\C#N)c3ccc([N+](=O)[O-])cc3)cc2Cl)c1. The number of ether oxygens (including phenoxy) is 1. The fourth-order valence-corrected chi connectivity index (χ4v) is 3.28. The van der Waals surface area contributed by atoms with Crippen LogP contribution in [0.15, 0.2) is 60.7 Å². The molecule has 33 heavy (non-hydrogen) atoms. The Labute approximate surface area is 196 Å². The van der Waals surface area contributed by atoms with E-state index in [9.17, 15) is 20.2 Å². The summed E-state index contributed by atoms with van der Waals surface area (Å²) in [4.78, 5) is 22.6. The topological polar surface area (TPSA) is 105 Å². The van der Waals surface area contributed by atoms with Gasteiger partial charge in [0.1, 0.15) is 5.75 Å². The molecular formula is C25H20ClN3O4. The first-order valence-electron chi connectivity index (χ1n) is 9.93. The first-order chi connectivity index (χ1) is 15.8. The first-order valence-corrected chi connectivity index (χ1v) is 10.3. The Bertz CT molecular complexity index is 1280. The average Bonchev–Trinajstić information content (AvgIpc) is 2.79. The molecule has 0 aliphatic carbocycles. The number of nitro benzene ring substituents is 1. The van der Waals surface area contributed by atoms with E-state index >= 15 is 0 Å². The van der Waals surface area contributed by atoms with Crippen molar-refractivity contribution in [3.05, 3.63) is 98.1 Å². The molecule has 3 aromatic rings. The highest BCUT2D eigenvalue weighted by atomic mass is 35.5. The summed E-state index contributed by atoms with van der Waals surface area (Å²) >= 11 is 6.30. The highest BCUT2D eigenvalue weighted by molar-refractivity contribution is 6.32. The van der Waals surface area contributed by atoms with Crippen molar-refractivity contribution in [1.82, 2.24) is 0 Å². The molecule has 0 aliphatic rings. The van der Waals surface area contributed by atoms with Crippen molar-refractivity contribution >= 4 is 40.5 Å². The molecule has 0 fully saturated rings. The van der Waals surface area contributed by atoms with Crippen molar-refractivity contribution < 1.29 is 14.5 Å². The maximum Gasteiger partial charge on any atom is 0.269 e. The molecule has 0 saturated heterocycles. The van der Waals surface area contributed by atoms with Crippen molar-refractivity contribution in [3.8, 4) is 11.8 Å². The smallest absolute Gasteiger partial charge is 0.269 e. The van der Waals surface area contributed by atoms with Crippen molar-refractivity contribution in [2.24, 2.45) is 0 Å². The van der Waals surface area contributed by atoms with Gasteiger partial charge in [-0.15, -0.1) is 0 Å². The molecule has 0 unspecified atom stereocenters. The first kappa shape index (κ1) is 23.5. The molecule has 1 amide bonds. The number of nitriles is 1. The number of nitro groups is 1. The van der Waals surface area contributed by atoms with E-state index in [4.69, 9.17) is 16.3 Å². The number of aryl methyl sites for hydroxylation is 2. The van der Waals surface area contributed by atoms with Gasteiger partial charge in [0.2, 0.25) is 0 Å². The molecule has 3 rings (SSSR count). The minimum absolute atomic E-state index is 0.0535. The van der Waals surface area contributed by atoms with Gasteiger partial charge in [-0.25, -0.2) is 0 Å². The normalized spacial score (nSPS) is 10.9. The lowest BCUT2D eigenvalue weighted by molar-refractivity contribution is -0.384. The van der Waals surface area contributed by atoms with E-state index in [2.05, 4.69) is 11.4 Å². The zero-order chi connectivity index (χ0) is 24.0. The summed E-state index contributed by atoms with van der Waals surface area (Å²) in [5.41, 5.74) is 4.17. The highest BCUT2D eigenvalue weighted by Gasteiger charge is 2.10. The number of hydrogen-bond acceptors (Lipinski definition) is 5. The van der Waals surface area contributed by atoms with E-state index in [0.29, 0.717) is 22.4 Å². The summed E-state index contributed by atoms with van der Waals surface area (Å²) in [7, 11) is 0. The zero-order valence-corrected chi connectivity index (χ0v) is 18.7. The summed E-state index contributed by atoms with van der Waals surface area (Å²) in [6.45, 7) is 3.64. The van der Waals surface area contributed by atoms with Crippen LogP contribution in [0, 0.1) is 35.3 Å². The lowest BCUT2D eigenvalue weighted by Crippen LogP contribution is -2.20. The second kappa shape index (κ2) is 10.4. The third-order valence-electron chi connectivity index (χ3n) is 4.80. The number of amides is 1. The second-order valence-corrected chi connectivity index (χ2v) is 7.73. The molecule has 0 aromatic heterocycles. The van der Waals surface area contributed by atoms with Gasteiger partial charge >= 0.3 is 0 Å². The van der Waals surface area contributed by atoms with Crippen LogP contribution in [0.2, 0.25) is 5.02 Å². The van der Waals surface area contributed by atoms with Gasteiger partial charge in [0.15, 0.2) is 6.61 Å². The van der Waals surface area contributed by atoms with E-state index < -0.39 is 4.92 Å². The Balaban J connectivity index is 1.68. The zero-order valence-electron chi connectivity index (χ0n) is 18.0. The van der Waals surface area contributed by atoms with Crippen LogP contribution in [0.1, 0.15) is 22.3 Å². The number of nitrogens with zero attached hydrogens (tertiary/aromatic N) is 2. The third-order valence-corrected chi connectivity index (χ3v) is 5.10. The van der Waals surface area contributed by atoms with Crippen LogP contribution in [0.25, 0.3) is 11.6 Å². The molecule has 0 atom stereocenters. The van der Waals surface area contributed by atoms with Crippen LogP contribution in [0.4, 0.5) is 11.4 Å². The monoisotopic (exact) mass is 461 g/mol. The van der Waals surface area contributed by atoms with Gasteiger partial charge < -0.3 is 10.1 Å². The number of nitrogens with one attached hydrogen (secondary N) is 1. The van der Waals surface area contributed by atoms with Crippen LogP contribution < -0.4 is 10.1 Å². The second-order valence-electron chi connectivity index (χ2n) is 7.32. The van der Waals surface area contributed by atoms with E-state index in [-0.39, 0.29) is 23.2 Å². The van der Waals surface area contributed by atoms with Crippen molar-refractivity contribution in [2.45, 2.75) is 13.8 Å². The summed E-state index contributed by atoms with van der Waals surface area (Å²) in [6, 6.07) is 18.5. The molecule has 3 aromatic carbocycles. The minimum Gasteiger partial charge on any atom is -0.482 e. The number of benzene rings is 3. The maximum atomic E-state index is 12.3. The average molecular weight is 462 g/mol. The minimum atomic E-state index is -0.500. The van der Waals surface area contributed by atoms with Gasteiger partial charge in [-0.05, 0) is 72.5 Å². The quantitative estimate of drug-likeness (QED) is 0.202. The summed E-state index contributed by atoms with van der Waals surface area (Å²) in [6.07, 6.45) is 1.62. The van der Waals surface area contributed by atoms with Crippen molar-refractivity contribution in [1.29, 1.82) is 5.26 Å². The van der Waals surface area contributed by atoms with E-state index in [0.717, 1.165) is 16.8 Å². The van der Waals surface area contributed by atoms with Gasteiger partial charge in [0.05, 0.1) is 21.6 Å². The number of non-ortho nitro benzene ring substituents is 1. The molecule has 0 radical (unpaired) electrons. The predicted molar refractivity (Wildman–Crippen MR) is 128 cm³/mol. The van der Waals surface area contributed by atoms with Gasteiger partial charge in [0.25, 0.3) is 11.6 Å². The summed E-state index contributed by atoms with van der Waals surface area (Å²) in [5.74, 6) is 0.0208. The summed E-state index contributed by atoms with van der Waals surface area (Å²) in [5, 5.41) is 23.4. The number of allylic oxidation sites excluding steroid dienone is 1. The van der Waals surface area contributed by atoms with Gasteiger partial charge in [-0.3, -0.25) is 14.9 Å². The van der Waals surface area contributed by atoms with Crippen LogP contribution in [0.3, 0.4) is 0 Å². The Morgan fingerprint density at radius 3 is 2.52 bits per heavy atom. The Morgan fingerprint density at radius 1 is 1.15 bits per heavy atom. The molecule has 0 bridgehead atoms. The van der Waals surface area contributed by atoms with E-state index in [1.807, 2.05) is 32.0 Å². The number of rotatable bonds is 7. The van der Waals surface area contributed by atoms with Crippen LogP contribution in [-0.4, -0.2) is 17.4 Å². The molecule has 166 valence electrons. The predicted octanol–water partition coefficient (Wildman–Crippen LogP) is 5.95. The molecule has 8 heteroatoms. The van der Waals surface area contributed by atoms with E-state index in [1.54, 1.807) is 24.3 Å². The Kier molecular flexibility index (Phi) is 7.44. The summed E-state index contributed by atoms with van der Waals surface area (Å²) < 4.78 is 5.55. The number of carbonyl (C=O) groups is 1. The fourth-order valence-electron chi connectivity index (χ4n) is 3.03. The van der Waals surface area contributed by atoms with Crippen molar-refractivity contribution in [2.75, 3.05) is 11.9 Å². The standard InChI is InChI=1S/C25H20ClN3O4/c1-16-3-4-17(2)23(11-16)28-25(30)15-33-24-10-5-18(13-22(24)26)12-20(14-27)19-6-8-21(9-7-19)29(31)32/h3-13H,15H2,1-2H3,(H,28,30)/b20-12+. The third kappa shape index (κ3) is 6.19. The number of hydrogen-bond donors (Lipinski definition) is 1. The number of carbonyl (C=O) groups excluding carboxylic acids is 1. The highest BCUT2D eigenvalue weighted by Crippen LogP contribution is 2.28. The van der Waals surface area contributed by atoms with Crippen LogP contribution in [0.5, 0.6) is 5.75 Å². The molecule has 0 saturated carbocycles. The van der Waals surface area contributed by atoms with Gasteiger partial charge in [-0.2, -0.15) is 5.26 Å². The van der Waals surface area contributed by atoms with Gasteiger partial charge in [0, 0.05) is 17.8 Å². The number of halogens is 1. The lowest BCUT2D eigenvalue weighted by Gasteiger charge is -2.11. The molecule has 0 spiro atoms. The van der Waals surface area contributed by atoms with Crippen LogP contribution >= 0.6 is 11.6 Å². The van der Waals surface area contributed by atoms with E-state index in [1.165, 1.54) is 24.3 Å². The molecule has 0 heterocycles. The fraction of sp³-hybridized carbons (Fsp3) is 0.120. The maximum absolute atomic E-state index is 12.3. The lowest BCUT2D eigenvalue weighted by atomic mass is 10.0. The van der Waals surface area contributed by atoms with Crippen molar-refractivity contribution in [3.63, 3.8) is 0 Å². The molecular weight excluding hydrogens is 442 g/mol. The Hall–Kier alpha value is -4.15.